The molecule has 1 saturated heterocycles. The summed E-state index contributed by atoms with van der Waals surface area (Å²) < 4.78 is 22.6. The fraction of sp³-hybridized carbons (Fsp3) is 0.333. The molecule has 2 amide bonds. The zero-order valence-electron chi connectivity index (χ0n) is 10.9. The Kier molecular flexibility index (Phi) is 3.78. The van der Waals surface area contributed by atoms with Crippen LogP contribution in [-0.4, -0.2) is 32.0 Å². The second-order valence-electron chi connectivity index (χ2n) is 4.65. The van der Waals surface area contributed by atoms with Gasteiger partial charge in [0.1, 0.15) is 5.25 Å². The number of benzene rings is 1. The molecule has 108 valence electrons. The maximum Gasteiger partial charge on any atom is 0.228 e. The van der Waals surface area contributed by atoms with Gasteiger partial charge in [-0.2, -0.15) is 0 Å². The molecule has 1 heterocycles. The molecule has 0 aliphatic carbocycles. The number of hydrogen-bond acceptors (Lipinski definition) is 4. The van der Waals surface area contributed by atoms with E-state index in [1.165, 1.54) is 11.8 Å². The third-order valence-electron chi connectivity index (χ3n) is 3.03. The number of carbonyl (C=O) groups is 2. The summed E-state index contributed by atoms with van der Waals surface area (Å²) in [5, 5.41) is 6.79. The summed E-state index contributed by atoms with van der Waals surface area (Å²) in [5.41, 5.74) is 1.08. The number of nitrogens with zero attached hydrogens (tertiary/aromatic N) is 1. The molecule has 7 nitrogen and oxygen atoms in total. The number of hydrogen-bond donors (Lipinski definition) is 2. The van der Waals surface area contributed by atoms with Crippen molar-refractivity contribution in [3.8, 4) is 0 Å². The summed E-state index contributed by atoms with van der Waals surface area (Å²) in [6.45, 7) is 1.41. The number of carbonyl (C=O) groups excluding carboxylic acids is 2. The monoisotopic (exact) mass is 297 g/mol. The molecule has 0 bridgehead atoms. The van der Waals surface area contributed by atoms with Gasteiger partial charge in [0.15, 0.2) is 0 Å². The fourth-order valence-corrected chi connectivity index (χ4v) is 2.83. The van der Waals surface area contributed by atoms with Crippen LogP contribution in [0.5, 0.6) is 0 Å². The Morgan fingerprint density at radius 3 is 2.70 bits per heavy atom. The largest absolute Gasteiger partial charge is 0.326 e. The average Bonchev–Trinajstić information content (AvgIpc) is 2.70. The van der Waals surface area contributed by atoms with E-state index in [2.05, 4.69) is 5.32 Å². The highest BCUT2D eigenvalue weighted by molar-refractivity contribution is 7.89. The molecule has 3 N–H and O–H groups in total. The SMILES string of the molecule is CC(=O)Nc1cccc(N2CC(S(N)(=O)=O)CC2=O)c1. The highest BCUT2D eigenvalue weighted by atomic mass is 32.2. The predicted octanol–water partition coefficient (Wildman–Crippen LogP) is 0.0388. The van der Waals surface area contributed by atoms with Gasteiger partial charge in [-0.05, 0) is 18.2 Å². The lowest BCUT2D eigenvalue weighted by molar-refractivity contribution is -0.117. The first-order valence-corrected chi connectivity index (χ1v) is 7.58. The Morgan fingerprint density at radius 2 is 2.15 bits per heavy atom. The van der Waals surface area contributed by atoms with Crippen molar-refractivity contribution in [2.75, 3.05) is 16.8 Å². The molecule has 1 aromatic rings. The Morgan fingerprint density at radius 1 is 1.45 bits per heavy atom. The second kappa shape index (κ2) is 5.22. The van der Waals surface area contributed by atoms with E-state index in [1.54, 1.807) is 24.3 Å². The number of nitrogens with two attached hydrogens (primary N) is 1. The molecule has 1 aromatic carbocycles. The summed E-state index contributed by atoms with van der Waals surface area (Å²) in [7, 11) is -3.74. The third-order valence-corrected chi connectivity index (χ3v) is 4.28. The number of sulfonamides is 1. The van der Waals surface area contributed by atoms with Crippen LogP contribution in [0.1, 0.15) is 13.3 Å². The summed E-state index contributed by atoms with van der Waals surface area (Å²) in [5.74, 6) is -0.527. The van der Waals surface area contributed by atoms with Gasteiger partial charge in [0, 0.05) is 31.3 Å². The van der Waals surface area contributed by atoms with Gasteiger partial charge >= 0.3 is 0 Å². The van der Waals surface area contributed by atoms with E-state index in [4.69, 9.17) is 5.14 Å². The van der Waals surface area contributed by atoms with E-state index in [1.807, 2.05) is 0 Å². The number of nitrogens with one attached hydrogen (secondary N) is 1. The van der Waals surface area contributed by atoms with Crippen LogP contribution in [0, 0.1) is 0 Å². The third kappa shape index (κ3) is 3.14. The van der Waals surface area contributed by atoms with Gasteiger partial charge in [0.2, 0.25) is 21.8 Å². The number of rotatable bonds is 3. The predicted molar refractivity (Wildman–Crippen MR) is 74.6 cm³/mol. The van der Waals surface area contributed by atoms with Gasteiger partial charge in [-0.25, -0.2) is 13.6 Å². The van der Waals surface area contributed by atoms with E-state index in [-0.39, 0.29) is 24.8 Å². The van der Waals surface area contributed by atoms with Gasteiger partial charge < -0.3 is 10.2 Å². The molecule has 0 saturated carbocycles. The van der Waals surface area contributed by atoms with Crippen molar-refractivity contribution in [2.24, 2.45) is 5.14 Å². The molecular weight excluding hydrogens is 282 g/mol. The second-order valence-corrected chi connectivity index (χ2v) is 6.50. The molecule has 0 aromatic heterocycles. The zero-order valence-corrected chi connectivity index (χ0v) is 11.7. The summed E-state index contributed by atoms with van der Waals surface area (Å²) >= 11 is 0. The molecular formula is C12H15N3O4S. The maximum atomic E-state index is 11.9. The van der Waals surface area contributed by atoms with Crippen molar-refractivity contribution < 1.29 is 18.0 Å². The van der Waals surface area contributed by atoms with Gasteiger partial charge in [-0.1, -0.05) is 6.07 Å². The standard InChI is InChI=1S/C12H15N3O4S/c1-8(16)14-9-3-2-4-10(5-9)15-7-11(6-12(15)17)20(13,18)19/h2-5,11H,6-7H2,1H3,(H,14,16)(H2,13,18,19). The molecule has 0 radical (unpaired) electrons. The minimum absolute atomic E-state index is 0.0290. The van der Waals surface area contributed by atoms with Crippen LogP contribution in [0.2, 0.25) is 0 Å². The van der Waals surface area contributed by atoms with E-state index < -0.39 is 15.3 Å². The highest BCUT2D eigenvalue weighted by Crippen LogP contribution is 2.26. The average molecular weight is 297 g/mol. The first kappa shape index (κ1) is 14.5. The fourth-order valence-electron chi connectivity index (χ4n) is 2.10. The van der Waals surface area contributed by atoms with Crippen molar-refractivity contribution in [2.45, 2.75) is 18.6 Å². The van der Waals surface area contributed by atoms with E-state index in [0.29, 0.717) is 11.4 Å². The lowest BCUT2D eigenvalue weighted by Crippen LogP contribution is -2.32. The summed E-state index contributed by atoms with van der Waals surface area (Å²) in [4.78, 5) is 24.3. The van der Waals surface area contributed by atoms with Crippen molar-refractivity contribution in [1.82, 2.24) is 0 Å². The Hall–Kier alpha value is -1.93. The van der Waals surface area contributed by atoms with E-state index in [0.717, 1.165) is 0 Å². The molecule has 20 heavy (non-hydrogen) atoms. The van der Waals surface area contributed by atoms with Gasteiger partial charge in [-0.3, -0.25) is 9.59 Å². The minimum Gasteiger partial charge on any atom is -0.326 e. The molecule has 1 atom stereocenters. The van der Waals surface area contributed by atoms with Gasteiger partial charge in [0.05, 0.1) is 0 Å². The molecule has 1 aliphatic rings. The van der Waals surface area contributed by atoms with Crippen LogP contribution >= 0.6 is 0 Å². The van der Waals surface area contributed by atoms with Crippen LogP contribution in [0.15, 0.2) is 24.3 Å². The lowest BCUT2D eigenvalue weighted by atomic mass is 10.2. The van der Waals surface area contributed by atoms with Crippen molar-refractivity contribution in [3.05, 3.63) is 24.3 Å². The molecule has 1 aliphatic heterocycles. The smallest absolute Gasteiger partial charge is 0.228 e. The first-order chi connectivity index (χ1) is 9.27. The normalized spacial score (nSPS) is 19.2. The topological polar surface area (TPSA) is 110 Å². The van der Waals surface area contributed by atoms with E-state index in [9.17, 15) is 18.0 Å². The van der Waals surface area contributed by atoms with Gasteiger partial charge in [0.25, 0.3) is 0 Å². The Balaban J connectivity index is 2.24. The van der Waals surface area contributed by atoms with E-state index >= 15 is 0 Å². The molecule has 1 fully saturated rings. The van der Waals surface area contributed by atoms with Crippen molar-refractivity contribution in [3.63, 3.8) is 0 Å². The maximum absolute atomic E-state index is 11.9. The number of primary sulfonamides is 1. The highest BCUT2D eigenvalue weighted by Gasteiger charge is 2.37. The van der Waals surface area contributed by atoms with Crippen LogP contribution in [0.4, 0.5) is 11.4 Å². The summed E-state index contributed by atoms with van der Waals surface area (Å²) in [6.07, 6.45) is -0.122. The Bertz CT molecular complexity index is 656. The molecule has 2 rings (SSSR count). The molecule has 0 spiro atoms. The first-order valence-electron chi connectivity index (χ1n) is 5.97. The van der Waals surface area contributed by atoms with Crippen molar-refractivity contribution in [1.29, 1.82) is 0 Å². The minimum atomic E-state index is -3.74. The number of anilines is 2. The van der Waals surface area contributed by atoms with Crippen LogP contribution < -0.4 is 15.4 Å². The quantitative estimate of drug-likeness (QED) is 0.820. The zero-order chi connectivity index (χ0) is 14.9. The molecule has 8 heteroatoms. The van der Waals surface area contributed by atoms with Gasteiger partial charge in [-0.15, -0.1) is 0 Å². The molecule has 1 unspecified atom stereocenters. The van der Waals surface area contributed by atoms with Crippen LogP contribution in [0.3, 0.4) is 0 Å². The Labute approximate surface area is 116 Å². The van der Waals surface area contributed by atoms with Crippen LogP contribution in [0.25, 0.3) is 0 Å². The summed E-state index contributed by atoms with van der Waals surface area (Å²) in [6, 6.07) is 6.65. The number of amides is 2. The lowest BCUT2D eigenvalue weighted by Gasteiger charge is -2.17. The van der Waals surface area contributed by atoms with Crippen molar-refractivity contribution >= 4 is 33.2 Å². The van der Waals surface area contributed by atoms with Crippen LogP contribution in [-0.2, 0) is 19.6 Å².